The molecule has 13 nitrogen and oxygen atoms in total. The van der Waals surface area contributed by atoms with E-state index in [9.17, 15) is 19.2 Å². The zero-order valence-corrected chi connectivity index (χ0v) is 35.2. The minimum absolute atomic E-state index is 0.0926. The molecule has 15 heteroatoms. The van der Waals surface area contributed by atoms with E-state index in [1.54, 1.807) is 25.1 Å². The van der Waals surface area contributed by atoms with Crippen LogP contribution in [0.25, 0.3) is 0 Å². The van der Waals surface area contributed by atoms with Crippen LogP contribution in [0.1, 0.15) is 91.9 Å². The molecule has 8 rings (SSSR count). The molecule has 2 unspecified atom stereocenters. The van der Waals surface area contributed by atoms with E-state index in [2.05, 4.69) is 32.3 Å². The van der Waals surface area contributed by atoms with Gasteiger partial charge < -0.3 is 30.3 Å². The second kappa shape index (κ2) is 17.6. The Kier molecular flexibility index (Phi) is 12.8. The summed E-state index contributed by atoms with van der Waals surface area (Å²) in [4.78, 5) is 58.3. The second-order valence-corrected chi connectivity index (χ2v) is 16.3. The molecule has 4 N–H and O–H groups in total. The van der Waals surface area contributed by atoms with Crippen molar-refractivity contribution in [2.24, 2.45) is 10.3 Å². The van der Waals surface area contributed by atoms with Crippen molar-refractivity contribution in [2.75, 3.05) is 26.4 Å². The summed E-state index contributed by atoms with van der Waals surface area (Å²) in [6.45, 7) is 13.1. The van der Waals surface area contributed by atoms with Gasteiger partial charge in [-0.1, -0.05) is 57.8 Å². The fourth-order valence-electron chi connectivity index (χ4n) is 7.13. The fraction of sp³-hybridized carbons (Fsp3) is 0.318. The number of hydrogen-bond acceptors (Lipinski definition) is 9. The minimum Gasteiger partial charge on any atom is -0.478 e. The van der Waals surface area contributed by atoms with Crippen LogP contribution in [0.15, 0.2) is 83.1 Å². The molecule has 4 aromatic rings. The SMILES string of the molecule is Cc1cc(Cl)cc(C2(C)CC(c3ccc(C(=O)N4CNC(=O)C4)c(C)c3)=NO2)c1.Cc1cc(Cl)cc(C2(C)CC(c3ccc(C(=O)O)c(C)c3)=NO2)c1.O=C1CNCN1. The Morgan fingerprint density at radius 2 is 1.22 bits per heavy atom. The molecule has 0 saturated carbocycles. The maximum absolute atomic E-state index is 12.7. The van der Waals surface area contributed by atoms with E-state index < -0.39 is 17.2 Å². The number of carboxylic acid groups (broad SMARTS) is 1. The predicted molar refractivity (Wildman–Crippen MR) is 226 cm³/mol. The molecule has 4 aromatic carbocycles. The molecule has 4 aliphatic rings. The average molecular weight is 842 g/mol. The van der Waals surface area contributed by atoms with Gasteiger partial charge in [0, 0.05) is 28.5 Å². The summed E-state index contributed by atoms with van der Waals surface area (Å²) in [6, 6.07) is 22.5. The molecular formula is C44H46Cl2N6O7. The number of nitrogens with zero attached hydrogens (tertiary/aromatic N) is 3. The molecule has 0 aliphatic carbocycles. The van der Waals surface area contributed by atoms with Crippen LogP contribution in [0.4, 0.5) is 0 Å². The van der Waals surface area contributed by atoms with Gasteiger partial charge in [-0.2, -0.15) is 0 Å². The number of benzene rings is 4. The summed E-state index contributed by atoms with van der Waals surface area (Å²) < 4.78 is 0. The molecular weight excluding hydrogens is 795 g/mol. The van der Waals surface area contributed by atoms with E-state index in [1.165, 1.54) is 4.90 Å². The first-order valence-corrected chi connectivity index (χ1v) is 19.7. The van der Waals surface area contributed by atoms with Crippen LogP contribution in [0.3, 0.4) is 0 Å². The van der Waals surface area contributed by atoms with Crippen LogP contribution >= 0.6 is 23.2 Å². The van der Waals surface area contributed by atoms with Gasteiger partial charge >= 0.3 is 5.97 Å². The number of aromatic carboxylic acids is 1. The predicted octanol–water partition coefficient (Wildman–Crippen LogP) is 6.88. The fourth-order valence-corrected chi connectivity index (χ4v) is 7.71. The lowest BCUT2D eigenvalue weighted by Gasteiger charge is -2.22. The number of carbonyl (C=O) groups is 4. The van der Waals surface area contributed by atoms with Gasteiger partial charge in [-0.25, -0.2) is 4.79 Å². The third kappa shape index (κ3) is 10.1. The van der Waals surface area contributed by atoms with Crippen molar-refractivity contribution in [1.82, 2.24) is 20.9 Å². The van der Waals surface area contributed by atoms with Crippen LogP contribution in [0, 0.1) is 27.7 Å². The summed E-state index contributed by atoms with van der Waals surface area (Å²) in [5.74, 6) is -1.13. The molecule has 2 fully saturated rings. The smallest absolute Gasteiger partial charge is 0.335 e. The van der Waals surface area contributed by atoms with Crippen LogP contribution in [0.2, 0.25) is 10.0 Å². The first-order valence-electron chi connectivity index (χ1n) is 19.0. The quantitative estimate of drug-likeness (QED) is 0.163. The van der Waals surface area contributed by atoms with Crippen LogP contribution in [-0.2, 0) is 30.5 Å². The van der Waals surface area contributed by atoms with Gasteiger partial charge in [-0.05, 0) is 135 Å². The highest BCUT2D eigenvalue weighted by Gasteiger charge is 2.38. The Balaban J connectivity index is 0.000000176. The lowest BCUT2D eigenvalue weighted by molar-refractivity contribution is -0.119. The summed E-state index contributed by atoms with van der Waals surface area (Å²) in [7, 11) is 0. The molecule has 3 amide bonds. The Hall–Kier alpha value is -5.76. The van der Waals surface area contributed by atoms with Crippen molar-refractivity contribution in [3.8, 4) is 0 Å². The molecule has 308 valence electrons. The number of halogens is 2. The summed E-state index contributed by atoms with van der Waals surface area (Å²) in [5, 5.41) is 27.1. The second-order valence-electron chi connectivity index (χ2n) is 15.4. The summed E-state index contributed by atoms with van der Waals surface area (Å²) in [5.41, 5.74) is 8.76. The highest BCUT2D eigenvalue weighted by atomic mass is 35.5. The number of hydrogen-bond donors (Lipinski definition) is 4. The first kappa shape index (κ1) is 42.8. The summed E-state index contributed by atoms with van der Waals surface area (Å²) >= 11 is 12.4. The molecule has 4 heterocycles. The number of aryl methyl sites for hydroxylation is 4. The zero-order valence-electron chi connectivity index (χ0n) is 33.7. The number of carboxylic acids is 1. The normalized spacial score (nSPS) is 20.5. The average Bonchev–Trinajstić information content (AvgIpc) is 4.00. The van der Waals surface area contributed by atoms with Crippen molar-refractivity contribution in [3.63, 3.8) is 0 Å². The number of nitrogens with one attached hydrogen (secondary N) is 3. The van der Waals surface area contributed by atoms with E-state index in [4.69, 9.17) is 38.0 Å². The van der Waals surface area contributed by atoms with Gasteiger partial charge in [0.25, 0.3) is 5.91 Å². The van der Waals surface area contributed by atoms with E-state index in [-0.39, 0.29) is 30.9 Å². The molecule has 4 aliphatic heterocycles. The number of amides is 3. The molecule has 2 atom stereocenters. The number of oxime groups is 2. The van der Waals surface area contributed by atoms with Gasteiger partial charge in [-0.3, -0.25) is 19.7 Å². The monoisotopic (exact) mass is 840 g/mol. The van der Waals surface area contributed by atoms with Crippen molar-refractivity contribution >= 4 is 58.3 Å². The highest BCUT2D eigenvalue weighted by Crippen LogP contribution is 2.39. The third-order valence-corrected chi connectivity index (χ3v) is 10.8. The van der Waals surface area contributed by atoms with Crippen molar-refractivity contribution < 1.29 is 34.0 Å². The zero-order chi connectivity index (χ0) is 42.6. The Labute approximate surface area is 352 Å². The van der Waals surface area contributed by atoms with E-state index in [0.717, 1.165) is 50.4 Å². The van der Waals surface area contributed by atoms with Crippen LogP contribution < -0.4 is 16.0 Å². The van der Waals surface area contributed by atoms with Gasteiger partial charge in [0.05, 0.1) is 36.9 Å². The van der Waals surface area contributed by atoms with Crippen molar-refractivity contribution in [3.05, 3.63) is 138 Å². The first-order chi connectivity index (χ1) is 27.9. The Bertz CT molecular complexity index is 2350. The maximum Gasteiger partial charge on any atom is 0.335 e. The van der Waals surface area contributed by atoms with Gasteiger partial charge in [0.2, 0.25) is 11.8 Å². The molecule has 0 radical (unpaired) electrons. The largest absolute Gasteiger partial charge is 0.478 e. The van der Waals surface area contributed by atoms with E-state index in [1.807, 2.05) is 83.1 Å². The Morgan fingerprint density at radius 3 is 1.59 bits per heavy atom. The number of rotatable bonds is 6. The lowest BCUT2D eigenvalue weighted by Crippen LogP contribution is -2.30. The highest BCUT2D eigenvalue weighted by molar-refractivity contribution is 6.31. The molecule has 0 aromatic heterocycles. The Morgan fingerprint density at radius 1 is 0.712 bits per heavy atom. The van der Waals surface area contributed by atoms with Crippen molar-refractivity contribution in [1.29, 1.82) is 0 Å². The number of carbonyl (C=O) groups excluding carboxylic acids is 3. The topological polar surface area (TPSA) is 171 Å². The van der Waals surface area contributed by atoms with Gasteiger partial charge in [0.1, 0.15) is 6.54 Å². The minimum atomic E-state index is -0.928. The lowest BCUT2D eigenvalue weighted by atomic mass is 9.88. The van der Waals surface area contributed by atoms with Gasteiger partial charge in [-0.15, -0.1) is 0 Å². The molecule has 0 spiro atoms. The van der Waals surface area contributed by atoms with E-state index in [0.29, 0.717) is 52.8 Å². The summed E-state index contributed by atoms with van der Waals surface area (Å²) in [6.07, 6.45) is 1.20. The van der Waals surface area contributed by atoms with Gasteiger partial charge in [0.15, 0.2) is 11.2 Å². The molecule has 59 heavy (non-hydrogen) atoms. The standard InChI is InChI=1S/C22H22ClN3O3.C19H18ClNO3.C3H6N2O/c1-13-6-16(9-17(23)7-13)22(3)10-19(25-29-22)15-4-5-18(14(2)8-15)21(28)26-11-20(27)24-12-26;1-11-6-14(9-15(20)7-11)19(3)10-17(21-24-19)13-4-5-16(18(22)23)12(2)8-13;6-3-1-4-2-5-3/h4-9H,10-12H2,1-3H3,(H,24,27);4-9H,10H2,1-3H3,(H,22,23);4H,1-2H2,(H,5,6). The van der Waals surface area contributed by atoms with E-state index >= 15 is 0 Å². The molecule has 0 bridgehead atoms. The van der Waals surface area contributed by atoms with Crippen LogP contribution in [0.5, 0.6) is 0 Å². The van der Waals surface area contributed by atoms with Crippen LogP contribution in [-0.4, -0.2) is 71.5 Å². The molecule has 2 saturated heterocycles. The third-order valence-electron chi connectivity index (χ3n) is 10.4. The maximum atomic E-state index is 12.7. The van der Waals surface area contributed by atoms with Crippen molar-refractivity contribution in [2.45, 2.75) is 65.6 Å².